The van der Waals surface area contributed by atoms with Crippen molar-refractivity contribution in [2.45, 2.75) is 0 Å². The van der Waals surface area contributed by atoms with Crippen LogP contribution in [0, 0.1) is 0 Å². The third kappa shape index (κ3) is 1.97. The van der Waals surface area contributed by atoms with Crippen molar-refractivity contribution >= 4 is 40.2 Å². The Hall–Kier alpha value is -1.91. The zero-order valence-corrected chi connectivity index (χ0v) is 12.1. The number of nitrogens with zero attached hydrogens (tertiary/aromatic N) is 2. The van der Waals surface area contributed by atoms with Gasteiger partial charge < -0.3 is 10.5 Å². The highest BCUT2D eigenvalue weighted by atomic mass is 35.5. The second kappa shape index (κ2) is 4.89. The summed E-state index contributed by atoms with van der Waals surface area (Å²) >= 11 is 12.2. The maximum absolute atomic E-state index is 6.25. The molecule has 20 heavy (non-hydrogen) atoms. The SMILES string of the molecule is COc1cccc2c1nc(N)n2-c1ccc(Cl)cc1Cl. The summed E-state index contributed by atoms with van der Waals surface area (Å²) in [6.07, 6.45) is 0. The lowest BCUT2D eigenvalue weighted by atomic mass is 10.2. The maximum Gasteiger partial charge on any atom is 0.206 e. The normalized spacial score (nSPS) is 10.9. The molecular weight excluding hydrogens is 297 g/mol. The first-order chi connectivity index (χ1) is 9.61. The fourth-order valence-corrected chi connectivity index (χ4v) is 2.67. The lowest BCUT2D eigenvalue weighted by Gasteiger charge is -2.09. The molecular formula is C14H11Cl2N3O. The summed E-state index contributed by atoms with van der Waals surface area (Å²) in [4.78, 5) is 4.35. The molecule has 0 bridgehead atoms. The monoisotopic (exact) mass is 307 g/mol. The Bertz CT molecular complexity index is 798. The van der Waals surface area contributed by atoms with Crippen LogP contribution in [0.4, 0.5) is 5.95 Å². The van der Waals surface area contributed by atoms with E-state index in [0.29, 0.717) is 27.3 Å². The molecule has 4 nitrogen and oxygen atoms in total. The summed E-state index contributed by atoms with van der Waals surface area (Å²) in [5.74, 6) is 1.01. The van der Waals surface area contributed by atoms with Crippen molar-refractivity contribution < 1.29 is 4.74 Å². The number of benzene rings is 2. The van der Waals surface area contributed by atoms with Gasteiger partial charge in [-0.3, -0.25) is 4.57 Å². The van der Waals surface area contributed by atoms with Crippen molar-refractivity contribution in [2.24, 2.45) is 0 Å². The van der Waals surface area contributed by atoms with E-state index in [1.165, 1.54) is 0 Å². The number of rotatable bonds is 2. The molecule has 0 saturated heterocycles. The van der Waals surface area contributed by atoms with Gasteiger partial charge in [0, 0.05) is 5.02 Å². The molecule has 6 heteroatoms. The van der Waals surface area contributed by atoms with Crippen LogP contribution < -0.4 is 10.5 Å². The topological polar surface area (TPSA) is 53.1 Å². The Morgan fingerprint density at radius 2 is 2.00 bits per heavy atom. The molecule has 2 aromatic carbocycles. The molecule has 0 saturated carbocycles. The van der Waals surface area contributed by atoms with Gasteiger partial charge in [0.1, 0.15) is 11.3 Å². The average molecular weight is 308 g/mol. The van der Waals surface area contributed by atoms with Crippen molar-refractivity contribution in [3.05, 3.63) is 46.4 Å². The van der Waals surface area contributed by atoms with Gasteiger partial charge in [-0.05, 0) is 30.3 Å². The third-order valence-electron chi connectivity index (χ3n) is 3.04. The molecule has 1 aromatic heterocycles. The smallest absolute Gasteiger partial charge is 0.206 e. The van der Waals surface area contributed by atoms with Crippen LogP contribution in [-0.2, 0) is 0 Å². The predicted molar refractivity (Wildman–Crippen MR) is 82.1 cm³/mol. The van der Waals surface area contributed by atoms with E-state index in [2.05, 4.69) is 4.98 Å². The summed E-state index contributed by atoms with van der Waals surface area (Å²) in [7, 11) is 1.60. The zero-order chi connectivity index (χ0) is 14.3. The summed E-state index contributed by atoms with van der Waals surface area (Å²) in [6, 6.07) is 10.9. The Balaban J connectivity index is 2.34. The van der Waals surface area contributed by atoms with Gasteiger partial charge >= 0.3 is 0 Å². The van der Waals surface area contributed by atoms with Gasteiger partial charge in [0.25, 0.3) is 0 Å². The fourth-order valence-electron chi connectivity index (χ4n) is 2.17. The molecule has 102 valence electrons. The predicted octanol–water partition coefficient (Wildman–Crippen LogP) is 3.92. The molecule has 1 heterocycles. The number of fused-ring (bicyclic) bond motifs is 1. The van der Waals surface area contributed by atoms with Crippen molar-refractivity contribution in [1.82, 2.24) is 9.55 Å². The Kier molecular flexibility index (Phi) is 3.20. The van der Waals surface area contributed by atoms with E-state index in [9.17, 15) is 0 Å². The quantitative estimate of drug-likeness (QED) is 0.780. The number of ether oxygens (including phenoxy) is 1. The van der Waals surface area contributed by atoms with Crippen LogP contribution >= 0.6 is 23.2 Å². The van der Waals surface area contributed by atoms with Crippen molar-refractivity contribution in [1.29, 1.82) is 0 Å². The number of para-hydroxylation sites is 1. The van der Waals surface area contributed by atoms with Crippen LogP contribution in [0.25, 0.3) is 16.7 Å². The third-order valence-corrected chi connectivity index (χ3v) is 3.58. The van der Waals surface area contributed by atoms with Crippen LogP contribution in [0.2, 0.25) is 10.0 Å². The van der Waals surface area contributed by atoms with Crippen LogP contribution in [0.1, 0.15) is 0 Å². The summed E-state index contributed by atoms with van der Waals surface area (Å²) in [5, 5.41) is 1.07. The first-order valence-electron chi connectivity index (χ1n) is 5.88. The minimum atomic E-state index is 0.341. The van der Waals surface area contributed by atoms with E-state index in [1.807, 2.05) is 24.3 Å². The highest BCUT2D eigenvalue weighted by Crippen LogP contribution is 2.33. The van der Waals surface area contributed by atoms with E-state index in [0.717, 1.165) is 11.2 Å². The minimum Gasteiger partial charge on any atom is -0.494 e. The Labute approximate surface area is 125 Å². The van der Waals surface area contributed by atoms with E-state index in [1.54, 1.807) is 23.8 Å². The molecule has 0 fully saturated rings. The summed E-state index contributed by atoms with van der Waals surface area (Å²) in [5.41, 5.74) is 8.26. The second-order valence-corrected chi connectivity index (χ2v) is 5.07. The van der Waals surface area contributed by atoms with Crippen LogP contribution in [-0.4, -0.2) is 16.7 Å². The van der Waals surface area contributed by atoms with Gasteiger partial charge in [-0.15, -0.1) is 0 Å². The summed E-state index contributed by atoms with van der Waals surface area (Å²) < 4.78 is 7.07. The number of nitrogen functional groups attached to an aromatic ring is 1. The van der Waals surface area contributed by atoms with Gasteiger partial charge in [-0.2, -0.15) is 0 Å². The lowest BCUT2D eigenvalue weighted by molar-refractivity contribution is 0.419. The van der Waals surface area contributed by atoms with E-state index < -0.39 is 0 Å². The van der Waals surface area contributed by atoms with Crippen molar-refractivity contribution in [3.8, 4) is 11.4 Å². The van der Waals surface area contributed by atoms with E-state index in [-0.39, 0.29) is 0 Å². The minimum absolute atomic E-state index is 0.341. The molecule has 0 spiro atoms. The number of methoxy groups -OCH3 is 1. The number of imidazole rings is 1. The largest absolute Gasteiger partial charge is 0.494 e. The second-order valence-electron chi connectivity index (χ2n) is 4.23. The van der Waals surface area contributed by atoms with Gasteiger partial charge in [-0.1, -0.05) is 29.3 Å². The molecule has 0 aliphatic carbocycles. The molecule has 2 N–H and O–H groups in total. The standard InChI is InChI=1S/C14H11Cl2N3O/c1-20-12-4-2-3-11-13(12)18-14(17)19(11)10-6-5-8(15)7-9(10)16/h2-7H,1H3,(H2,17,18). The van der Waals surface area contributed by atoms with Crippen LogP contribution in [0.3, 0.4) is 0 Å². The number of aromatic nitrogens is 2. The highest BCUT2D eigenvalue weighted by Gasteiger charge is 2.15. The number of nitrogens with two attached hydrogens (primary N) is 1. The molecule has 0 aliphatic rings. The van der Waals surface area contributed by atoms with Gasteiger partial charge in [0.05, 0.1) is 23.3 Å². The van der Waals surface area contributed by atoms with E-state index in [4.69, 9.17) is 33.7 Å². The van der Waals surface area contributed by atoms with E-state index >= 15 is 0 Å². The Morgan fingerprint density at radius 1 is 1.20 bits per heavy atom. The molecule has 0 aliphatic heterocycles. The van der Waals surface area contributed by atoms with Gasteiger partial charge in [-0.25, -0.2) is 4.98 Å². The molecule has 0 amide bonds. The number of halogens is 2. The average Bonchev–Trinajstić information content (AvgIpc) is 2.75. The summed E-state index contributed by atoms with van der Waals surface area (Å²) in [6.45, 7) is 0. The highest BCUT2D eigenvalue weighted by molar-refractivity contribution is 6.35. The maximum atomic E-state index is 6.25. The van der Waals surface area contributed by atoms with Crippen molar-refractivity contribution in [3.63, 3.8) is 0 Å². The molecule has 0 unspecified atom stereocenters. The molecule has 0 atom stereocenters. The fraction of sp³-hybridized carbons (Fsp3) is 0.0714. The molecule has 3 rings (SSSR count). The number of hydrogen-bond donors (Lipinski definition) is 1. The first-order valence-corrected chi connectivity index (χ1v) is 6.64. The van der Waals surface area contributed by atoms with Crippen LogP contribution in [0.15, 0.2) is 36.4 Å². The number of hydrogen-bond acceptors (Lipinski definition) is 3. The number of anilines is 1. The molecule has 0 radical (unpaired) electrons. The lowest BCUT2D eigenvalue weighted by Crippen LogP contribution is -2.01. The zero-order valence-electron chi connectivity index (χ0n) is 10.6. The van der Waals surface area contributed by atoms with Gasteiger partial charge in [0.2, 0.25) is 5.95 Å². The Morgan fingerprint density at radius 3 is 2.70 bits per heavy atom. The van der Waals surface area contributed by atoms with Gasteiger partial charge in [0.15, 0.2) is 0 Å². The molecule has 3 aromatic rings. The van der Waals surface area contributed by atoms with Crippen LogP contribution in [0.5, 0.6) is 5.75 Å². The van der Waals surface area contributed by atoms with Crippen molar-refractivity contribution in [2.75, 3.05) is 12.8 Å². The first kappa shape index (κ1) is 13.1.